The van der Waals surface area contributed by atoms with Crippen LogP contribution in [0, 0.1) is 0 Å². The number of aromatic nitrogens is 2. The smallest absolute Gasteiger partial charge is 0.239 e. The zero-order chi connectivity index (χ0) is 16.1. The number of nitrogens with zero attached hydrogens (tertiary/aromatic N) is 2. The molecule has 3 rings (SSSR count). The summed E-state index contributed by atoms with van der Waals surface area (Å²) in [5, 5.41) is 9.78. The minimum Gasteiger partial charge on any atom is -0.352 e. The number of carbonyl (C=O) groups excluding carboxylic acids is 2. The molecule has 2 N–H and O–H groups in total. The van der Waals surface area contributed by atoms with Gasteiger partial charge >= 0.3 is 0 Å². The van der Waals surface area contributed by atoms with Gasteiger partial charge in [-0.15, -0.1) is 0 Å². The summed E-state index contributed by atoms with van der Waals surface area (Å²) in [5.74, 6) is -0.235. The monoisotopic (exact) mass is 312 g/mol. The van der Waals surface area contributed by atoms with Crippen LogP contribution in [0.1, 0.15) is 24.8 Å². The summed E-state index contributed by atoms with van der Waals surface area (Å²) in [7, 11) is 0. The van der Waals surface area contributed by atoms with Gasteiger partial charge in [0, 0.05) is 18.7 Å². The molecule has 0 spiro atoms. The Kier molecular flexibility index (Phi) is 4.71. The molecule has 1 aromatic heterocycles. The molecule has 2 aromatic rings. The van der Waals surface area contributed by atoms with E-state index in [1.807, 2.05) is 36.5 Å². The molecule has 120 valence electrons. The van der Waals surface area contributed by atoms with Crippen molar-refractivity contribution in [1.29, 1.82) is 0 Å². The fraction of sp³-hybridized carbons (Fsp3) is 0.353. The lowest BCUT2D eigenvalue weighted by Gasteiger charge is -2.05. The number of nitrogens with one attached hydrogen (secondary N) is 2. The van der Waals surface area contributed by atoms with Crippen LogP contribution in [0.5, 0.6) is 0 Å². The van der Waals surface area contributed by atoms with Gasteiger partial charge in [-0.05, 0) is 37.0 Å². The van der Waals surface area contributed by atoms with E-state index in [-0.39, 0.29) is 18.4 Å². The maximum atomic E-state index is 11.8. The van der Waals surface area contributed by atoms with Gasteiger partial charge in [0.2, 0.25) is 11.8 Å². The lowest BCUT2D eigenvalue weighted by atomic mass is 10.2. The van der Waals surface area contributed by atoms with Crippen LogP contribution in [0.25, 0.3) is 5.69 Å². The van der Waals surface area contributed by atoms with E-state index in [4.69, 9.17) is 0 Å². The highest BCUT2D eigenvalue weighted by atomic mass is 16.2. The minimum atomic E-state index is -0.122. The zero-order valence-electron chi connectivity index (χ0n) is 12.9. The van der Waals surface area contributed by atoms with Gasteiger partial charge in [0.15, 0.2) is 0 Å². The van der Waals surface area contributed by atoms with Gasteiger partial charge in [-0.2, -0.15) is 5.10 Å². The Balaban J connectivity index is 1.42. The molecule has 0 aliphatic heterocycles. The second kappa shape index (κ2) is 7.09. The Morgan fingerprint density at radius 2 is 1.96 bits per heavy atom. The lowest BCUT2D eigenvalue weighted by molar-refractivity contribution is -0.126. The van der Waals surface area contributed by atoms with Gasteiger partial charge in [0.25, 0.3) is 0 Å². The minimum absolute atomic E-state index is 0.0542. The largest absolute Gasteiger partial charge is 0.352 e. The van der Waals surface area contributed by atoms with Crippen LogP contribution < -0.4 is 10.6 Å². The molecule has 6 nitrogen and oxygen atoms in total. The zero-order valence-corrected chi connectivity index (χ0v) is 12.9. The molecule has 1 saturated carbocycles. The number of carbonyl (C=O) groups is 2. The molecule has 2 amide bonds. The average molecular weight is 312 g/mol. The summed E-state index contributed by atoms with van der Waals surface area (Å²) >= 11 is 0. The van der Waals surface area contributed by atoms with E-state index in [9.17, 15) is 9.59 Å². The Morgan fingerprint density at radius 1 is 1.17 bits per heavy atom. The number of benzene rings is 1. The fourth-order valence-corrected chi connectivity index (χ4v) is 2.24. The molecule has 0 unspecified atom stereocenters. The highest BCUT2D eigenvalue weighted by molar-refractivity contribution is 5.85. The van der Waals surface area contributed by atoms with Crippen LogP contribution in [-0.2, 0) is 16.0 Å². The first-order chi connectivity index (χ1) is 11.2. The average Bonchev–Trinajstić information content (AvgIpc) is 3.25. The quantitative estimate of drug-likeness (QED) is 0.806. The summed E-state index contributed by atoms with van der Waals surface area (Å²) in [6.07, 6.45) is 6.72. The summed E-state index contributed by atoms with van der Waals surface area (Å²) in [6.45, 7) is 0.0542. The molecular formula is C17H20N4O2. The molecule has 23 heavy (non-hydrogen) atoms. The number of amides is 2. The van der Waals surface area contributed by atoms with Gasteiger partial charge in [-0.3, -0.25) is 9.59 Å². The van der Waals surface area contributed by atoms with Crippen LogP contribution >= 0.6 is 0 Å². The summed E-state index contributed by atoms with van der Waals surface area (Å²) in [6, 6.07) is 10.1. The van der Waals surface area contributed by atoms with Gasteiger partial charge < -0.3 is 10.6 Å². The molecule has 0 radical (unpaired) electrons. The summed E-state index contributed by atoms with van der Waals surface area (Å²) in [4.78, 5) is 23.3. The van der Waals surface area contributed by atoms with Crippen molar-refractivity contribution in [3.63, 3.8) is 0 Å². The highest BCUT2D eigenvalue weighted by Gasteiger charge is 2.23. The molecule has 0 atom stereocenters. The van der Waals surface area contributed by atoms with Crippen molar-refractivity contribution in [1.82, 2.24) is 20.4 Å². The molecule has 6 heteroatoms. The van der Waals surface area contributed by atoms with Gasteiger partial charge in [0.1, 0.15) is 0 Å². The van der Waals surface area contributed by atoms with Crippen molar-refractivity contribution >= 4 is 11.8 Å². The fourth-order valence-electron chi connectivity index (χ4n) is 2.24. The van der Waals surface area contributed by atoms with E-state index in [0.717, 1.165) is 24.1 Å². The Labute approximate surface area is 134 Å². The van der Waals surface area contributed by atoms with E-state index in [2.05, 4.69) is 15.7 Å². The highest BCUT2D eigenvalue weighted by Crippen LogP contribution is 2.18. The van der Waals surface area contributed by atoms with E-state index in [1.165, 1.54) is 0 Å². The van der Waals surface area contributed by atoms with Crippen molar-refractivity contribution < 1.29 is 9.59 Å². The van der Waals surface area contributed by atoms with Crippen LogP contribution in [-0.4, -0.2) is 34.2 Å². The van der Waals surface area contributed by atoms with Crippen molar-refractivity contribution in [3.05, 3.63) is 48.3 Å². The standard InChI is InChI=1S/C17H20N4O2/c22-16(18-11-17(23)20-14-7-8-14)9-6-13-10-19-21(12-13)15-4-2-1-3-5-15/h1-5,10,12,14H,6-9,11H2,(H,18,22)(H,20,23). The predicted molar refractivity (Wildman–Crippen MR) is 86.1 cm³/mol. The molecule has 0 saturated heterocycles. The SMILES string of the molecule is O=C(CCc1cnn(-c2ccccc2)c1)NCC(=O)NC1CC1. The van der Waals surface area contributed by atoms with Crippen LogP contribution in [0.4, 0.5) is 0 Å². The third kappa shape index (κ3) is 4.67. The summed E-state index contributed by atoms with van der Waals surface area (Å²) in [5.41, 5.74) is 1.98. The molecule has 1 aliphatic carbocycles. The topological polar surface area (TPSA) is 76.0 Å². The number of para-hydroxylation sites is 1. The molecular weight excluding hydrogens is 292 g/mol. The van der Waals surface area contributed by atoms with Crippen LogP contribution in [0.15, 0.2) is 42.7 Å². The van der Waals surface area contributed by atoms with E-state index in [1.54, 1.807) is 10.9 Å². The van der Waals surface area contributed by atoms with Crippen molar-refractivity contribution in [3.8, 4) is 5.69 Å². The first kappa shape index (κ1) is 15.3. The van der Waals surface area contributed by atoms with Crippen molar-refractivity contribution in [2.45, 2.75) is 31.7 Å². The molecule has 1 fully saturated rings. The Morgan fingerprint density at radius 3 is 2.70 bits per heavy atom. The van der Waals surface area contributed by atoms with Crippen molar-refractivity contribution in [2.75, 3.05) is 6.54 Å². The van der Waals surface area contributed by atoms with Crippen LogP contribution in [0.3, 0.4) is 0 Å². The maximum absolute atomic E-state index is 11.8. The Hall–Kier alpha value is -2.63. The van der Waals surface area contributed by atoms with E-state index in [0.29, 0.717) is 18.9 Å². The number of hydrogen-bond acceptors (Lipinski definition) is 3. The Bertz CT molecular complexity index is 677. The van der Waals surface area contributed by atoms with E-state index < -0.39 is 0 Å². The second-order valence-corrected chi connectivity index (χ2v) is 5.75. The lowest BCUT2D eigenvalue weighted by Crippen LogP contribution is -2.37. The van der Waals surface area contributed by atoms with Crippen LogP contribution in [0.2, 0.25) is 0 Å². The molecule has 1 aliphatic rings. The number of rotatable bonds is 7. The second-order valence-electron chi connectivity index (χ2n) is 5.75. The summed E-state index contributed by atoms with van der Waals surface area (Å²) < 4.78 is 1.79. The first-order valence-corrected chi connectivity index (χ1v) is 7.86. The number of hydrogen-bond donors (Lipinski definition) is 2. The molecule has 0 bridgehead atoms. The maximum Gasteiger partial charge on any atom is 0.239 e. The third-order valence-corrected chi connectivity index (χ3v) is 3.69. The van der Waals surface area contributed by atoms with Gasteiger partial charge in [-0.1, -0.05) is 18.2 Å². The van der Waals surface area contributed by atoms with Crippen molar-refractivity contribution in [2.24, 2.45) is 0 Å². The first-order valence-electron chi connectivity index (χ1n) is 7.86. The molecule has 1 aromatic carbocycles. The molecule has 1 heterocycles. The van der Waals surface area contributed by atoms with E-state index >= 15 is 0 Å². The third-order valence-electron chi connectivity index (χ3n) is 3.69. The number of aryl methyl sites for hydroxylation is 1. The predicted octanol–water partition coefficient (Wildman–Crippen LogP) is 1.20. The van der Waals surface area contributed by atoms with Gasteiger partial charge in [0.05, 0.1) is 18.4 Å². The normalized spacial score (nSPS) is 13.6. The van der Waals surface area contributed by atoms with Gasteiger partial charge in [-0.25, -0.2) is 4.68 Å².